The summed E-state index contributed by atoms with van der Waals surface area (Å²) in [4.78, 5) is 27.9. The molecule has 0 fully saturated rings. The molecule has 0 radical (unpaired) electrons. The minimum atomic E-state index is -4.57. The summed E-state index contributed by atoms with van der Waals surface area (Å²) in [6.45, 7) is -0.348. The second-order valence-corrected chi connectivity index (χ2v) is 4.84. The van der Waals surface area contributed by atoms with Gasteiger partial charge in [-0.05, 0) is 19.1 Å². The van der Waals surface area contributed by atoms with Crippen LogP contribution in [0.5, 0.6) is 0 Å². The zero-order valence-corrected chi connectivity index (χ0v) is 12.6. The molecule has 2 rings (SSSR count). The third-order valence-corrected chi connectivity index (χ3v) is 3.07. The molecule has 1 aromatic carbocycles. The van der Waals surface area contributed by atoms with Crippen LogP contribution >= 0.6 is 0 Å². The number of aromatic nitrogens is 1. The van der Waals surface area contributed by atoms with E-state index in [0.717, 1.165) is 0 Å². The maximum Gasteiger partial charge on any atom is 0.406 e. The van der Waals surface area contributed by atoms with Gasteiger partial charge in [0, 0.05) is 17.8 Å². The molecule has 0 aliphatic rings. The lowest BCUT2D eigenvalue weighted by Gasteiger charge is -2.21. The lowest BCUT2D eigenvalue weighted by atomic mass is 10.1. The highest BCUT2D eigenvalue weighted by Crippen LogP contribution is 2.22. The average molecular weight is 341 g/mol. The summed E-state index contributed by atoms with van der Waals surface area (Å²) in [6.07, 6.45) is -1.87. The predicted octanol–water partition coefficient (Wildman–Crippen LogP) is 2.69. The molecule has 0 bridgehead atoms. The molecule has 2 amide bonds. The number of halogens is 3. The normalized spacial score (nSPS) is 11.2. The summed E-state index contributed by atoms with van der Waals surface area (Å²) in [6, 6.07) is 6.32. The molecule has 2 aromatic rings. The molecular formula is C15H14F3N3O3. The highest BCUT2D eigenvalue weighted by Gasteiger charge is 2.34. The fourth-order valence-electron chi connectivity index (χ4n) is 1.98. The molecule has 6 nitrogen and oxygen atoms in total. The summed E-state index contributed by atoms with van der Waals surface area (Å²) < 4.78 is 42.3. The molecule has 0 unspecified atom stereocenters. The molecule has 1 aromatic heterocycles. The molecule has 0 spiro atoms. The van der Waals surface area contributed by atoms with Crippen LogP contribution in [0.2, 0.25) is 0 Å². The van der Waals surface area contributed by atoms with Crippen LogP contribution in [0.15, 0.2) is 41.3 Å². The first-order chi connectivity index (χ1) is 11.3. The van der Waals surface area contributed by atoms with Gasteiger partial charge in [0.05, 0.1) is 6.20 Å². The smallest absolute Gasteiger partial charge is 0.406 e. The minimum Gasteiger partial charge on any atom is -0.444 e. The number of nitrogens with one attached hydrogen (secondary N) is 1. The lowest BCUT2D eigenvalue weighted by Crippen LogP contribution is -2.44. The Morgan fingerprint density at radius 1 is 1.33 bits per heavy atom. The highest BCUT2D eigenvalue weighted by molar-refractivity contribution is 6.39. The highest BCUT2D eigenvalue weighted by atomic mass is 19.4. The molecule has 1 heterocycles. The lowest BCUT2D eigenvalue weighted by molar-refractivity contribution is -0.163. The van der Waals surface area contributed by atoms with E-state index in [1.165, 1.54) is 31.6 Å². The van der Waals surface area contributed by atoms with E-state index in [1.807, 2.05) is 0 Å². The predicted molar refractivity (Wildman–Crippen MR) is 78.9 cm³/mol. The molecule has 0 saturated carbocycles. The van der Waals surface area contributed by atoms with Crippen LogP contribution in [-0.4, -0.2) is 41.0 Å². The average Bonchev–Trinajstić information content (AvgIpc) is 3.05. The van der Waals surface area contributed by atoms with E-state index in [0.29, 0.717) is 16.2 Å². The first kappa shape index (κ1) is 17.5. The minimum absolute atomic E-state index is 0.232. The monoisotopic (exact) mass is 341 g/mol. The fraction of sp³-hybridized carbons (Fsp3) is 0.267. The number of hydrogen-bond acceptors (Lipinski definition) is 4. The number of amides is 2. The van der Waals surface area contributed by atoms with Crippen molar-refractivity contribution < 1.29 is 27.2 Å². The van der Waals surface area contributed by atoms with E-state index < -0.39 is 24.5 Å². The van der Waals surface area contributed by atoms with Crippen molar-refractivity contribution in [3.05, 3.63) is 36.9 Å². The van der Waals surface area contributed by atoms with Gasteiger partial charge in [0.25, 0.3) is 0 Å². The van der Waals surface area contributed by atoms with Gasteiger partial charge in [-0.25, -0.2) is 4.98 Å². The summed E-state index contributed by atoms with van der Waals surface area (Å²) in [5, 5.41) is 2.29. The van der Waals surface area contributed by atoms with Gasteiger partial charge < -0.3 is 14.6 Å². The van der Waals surface area contributed by atoms with Crippen molar-refractivity contribution in [1.82, 2.24) is 9.88 Å². The van der Waals surface area contributed by atoms with E-state index in [1.54, 1.807) is 12.1 Å². The fourth-order valence-corrected chi connectivity index (χ4v) is 1.98. The Morgan fingerprint density at radius 2 is 2.08 bits per heavy atom. The van der Waals surface area contributed by atoms with Crippen LogP contribution in [0.3, 0.4) is 0 Å². The Morgan fingerprint density at radius 3 is 2.67 bits per heavy atom. The van der Waals surface area contributed by atoms with E-state index >= 15 is 0 Å². The van der Waals surface area contributed by atoms with Crippen molar-refractivity contribution in [2.75, 3.05) is 18.4 Å². The summed E-state index contributed by atoms with van der Waals surface area (Å²) in [7, 11) is 0. The van der Waals surface area contributed by atoms with E-state index in [4.69, 9.17) is 4.42 Å². The summed E-state index contributed by atoms with van der Waals surface area (Å²) in [5.41, 5.74) is 0.852. The van der Waals surface area contributed by atoms with Crippen molar-refractivity contribution in [3.63, 3.8) is 0 Å². The van der Waals surface area contributed by atoms with Gasteiger partial charge in [0.15, 0.2) is 12.2 Å². The standard InChI is InChI=1S/C15H14F3N3O3/c1-2-21(8-15(16,17)18)14(23)13(22)20-11-5-3-4-10(6-11)12-7-19-9-24-12/h3-7,9H,2,8H2,1H3,(H,20,22). The molecule has 128 valence electrons. The molecule has 0 aliphatic carbocycles. The molecule has 24 heavy (non-hydrogen) atoms. The Bertz CT molecular complexity index is 714. The van der Waals surface area contributed by atoms with Gasteiger partial charge >= 0.3 is 18.0 Å². The van der Waals surface area contributed by atoms with Crippen LogP contribution in [-0.2, 0) is 9.59 Å². The number of nitrogens with zero attached hydrogens (tertiary/aromatic N) is 2. The van der Waals surface area contributed by atoms with Gasteiger partial charge in [0.1, 0.15) is 6.54 Å². The van der Waals surface area contributed by atoms with Gasteiger partial charge in [-0.1, -0.05) is 12.1 Å². The number of alkyl halides is 3. The van der Waals surface area contributed by atoms with Gasteiger partial charge in [0.2, 0.25) is 0 Å². The number of carbonyl (C=O) groups is 2. The van der Waals surface area contributed by atoms with Crippen LogP contribution in [0.4, 0.5) is 18.9 Å². The molecule has 9 heteroatoms. The number of oxazole rings is 1. The van der Waals surface area contributed by atoms with Crippen molar-refractivity contribution in [2.45, 2.75) is 13.1 Å². The van der Waals surface area contributed by atoms with Crippen molar-refractivity contribution >= 4 is 17.5 Å². The third kappa shape index (κ3) is 4.58. The van der Waals surface area contributed by atoms with Gasteiger partial charge in [-0.2, -0.15) is 13.2 Å². The zero-order valence-electron chi connectivity index (χ0n) is 12.6. The Hall–Kier alpha value is -2.84. The molecular weight excluding hydrogens is 327 g/mol. The van der Waals surface area contributed by atoms with Crippen LogP contribution in [0.1, 0.15) is 6.92 Å². The second-order valence-electron chi connectivity index (χ2n) is 4.84. The maximum atomic E-state index is 12.4. The number of anilines is 1. The quantitative estimate of drug-likeness (QED) is 0.868. The first-order valence-electron chi connectivity index (χ1n) is 6.96. The number of carbonyl (C=O) groups excluding carboxylic acids is 2. The van der Waals surface area contributed by atoms with Crippen LogP contribution in [0, 0.1) is 0 Å². The van der Waals surface area contributed by atoms with Gasteiger partial charge in [-0.3, -0.25) is 9.59 Å². The van der Waals surface area contributed by atoms with Crippen molar-refractivity contribution in [2.24, 2.45) is 0 Å². The topological polar surface area (TPSA) is 75.4 Å². The SMILES string of the molecule is CCN(CC(F)(F)F)C(=O)C(=O)Nc1cccc(-c2cnco2)c1. The third-order valence-electron chi connectivity index (χ3n) is 3.07. The Labute approximate surface area is 135 Å². The van der Waals surface area contributed by atoms with E-state index in [-0.39, 0.29) is 12.2 Å². The molecule has 1 N–H and O–H groups in total. The number of hydrogen-bond donors (Lipinski definition) is 1. The largest absolute Gasteiger partial charge is 0.444 e. The Kier molecular flexibility index (Phi) is 5.22. The number of benzene rings is 1. The second kappa shape index (κ2) is 7.16. The first-order valence-corrected chi connectivity index (χ1v) is 6.96. The number of rotatable bonds is 4. The van der Waals surface area contributed by atoms with Gasteiger partial charge in [-0.15, -0.1) is 0 Å². The van der Waals surface area contributed by atoms with Crippen LogP contribution < -0.4 is 5.32 Å². The van der Waals surface area contributed by atoms with Crippen LogP contribution in [0.25, 0.3) is 11.3 Å². The van der Waals surface area contributed by atoms with E-state index in [9.17, 15) is 22.8 Å². The van der Waals surface area contributed by atoms with Crippen molar-refractivity contribution in [3.8, 4) is 11.3 Å². The van der Waals surface area contributed by atoms with Crippen molar-refractivity contribution in [1.29, 1.82) is 0 Å². The molecule has 0 aliphatic heterocycles. The molecule has 0 atom stereocenters. The van der Waals surface area contributed by atoms with E-state index in [2.05, 4.69) is 10.3 Å². The zero-order chi connectivity index (χ0) is 17.7. The molecule has 0 saturated heterocycles. The number of likely N-dealkylation sites (N-methyl/N-ethyl adjacent to an activating group) is 1. The maximum absolute atomic E-state index is 12.4. The Balaban J connectivity index is 2.09. The summed E-state index contributed by atoms with van der Waals surface area (Å²) in [5.74, 6) is -1.94. The summed E-state index contributed by atoms with van der Waals surface area (Å²) >= 11 is 0.